The first kappa shape index (κ1) is 21.8. The van der Waals surface area contributed by atoms with Crippen LogP contribution in [0.15, 0.2) is 59.5 Å². The highest BCUT2D eigenvalue weighted by molar-refractivity contribution is 7.93. The van der Waals surface area contributed by atoms with Crippen LogP contribution in [-0.2, 0) is 30.7 Å². The van der Waals surface area contributed by atoms with Crippen LogP contribution in [0.4, 0.5) is 5.69 Å². The maximum absolute atomic E-state index is 13.5. The van der Waals surface area contributed by atoms with Gasteiger partial charge in [0.2, 0.25) is 5.91 Å². The van der Waals surface area contributed by atoms with Gasteiger partial charge in [0.05, 0.1) is 18.1 Å². The van der Waals surface area contributed by atoms with Gasteiger partial charge in [-0.15, -0.1) is 0 Å². The lowest BCUT2D eigenvalue weighted by atomic mass is 9.97. The summed E-state index contributed by atoms with van der Waals surface area (Å²) in [6.45, 7) is 3.65. The lowest BCUT2D eigenvalue weighted by Gasteiger charge is -2.35. The van der Waals surface area contributed by atoms with Gasteiger partial charge < -0.3 is 19.7 Å². The maximum Gasteiger partial charge on any atom is 0.242 e. The largest absolute Gasteiger partial charge is 0.381 e. The molecule has 4 rings (SSSR count). The Hall–Kier alpha value is -2.42. The molecule has 166 valence electrons. The van der Waals surface area contributed by atoms with E-state index in [2.05, 4.69) is 10.2 Å². The summed E-state index contributed by atoms with van der Waals surface area (Å²) >= 11 is 0. The van der Waals surface area contributed by atoms with E-state index in [0.717, 1.165) is 24.3 Å². The average molecular weight is 445 g/mol. The van der Waals surface area contributed by atoms with Gasteiger partial charge in [0.1, 0.15) is 0 Å². The minimum atomic E-state index is -3.88. The van der Waals surface area contributed by atoms with Crippen molar-refractivity contribution in [2.24, 2.45) is 0 Å². The number of anilines is 1. The van der Waals surface area contributed by atoms with Crippen molar-refractivity contribution in [1.82, 2.24) is 5.32 Å². The zero-order chi connectivity index (χ0) is 21.7. The van der Waals surface area contributed by atoms with Gasteiger partial charge >= 0.3 is 0 Å². The van der Waals surface area contributed by atoms with Gasteiger partial charge in [0.25, 0.3) is 0 Å². The van der Waals surface area contributed by atoms with Crippen LogP contribution < -0.4 is 10.2 Å². The molecule has 1 N–H and O–H groups in total. The molecule has 8 heteroatoms. The number of sulfone groups is 1. The number of ether oxygens (including phenoxy) is 2. The highest BCUT2D eigenvalue weighted by Crippen LogP contribution is 2.35. The fraction of sp³-hybridized carbons (Fsp3) is 0.435. The third-order valence-corrected chi connectivity index (χ3v) is 8.58. The summed E-state index contributed by atoms with van der Waals surface area (Å²) in [4.78, 5) is 15.8. The van der Waals surface area contributed by atoms with E-state index in [1.807, 2.05) is 24.3 Å². The SMILES string of the molecule is O=C(NCc1ccccc1N1CCOCC1)C1(S(=O)(=O)c2ccccc2)CCOCC1. The molecule has 0 aromatic heterocycles. The predicted molar refractivity (Wildman–Crippen MR) is 118 cm³/mol. The quantitative estimate of drug-likeness (QED) is 0.735. The molecule has 2 saturated heterocycles. The number of hydrogen-bond acceptors (Lipinski definition) is 6. The van der Waals surface area contributed by atoms with Crippen LogP contribution in [-0.4, -0.2) is 58.6 Å². The van der Waals surface area contributed by atoms with E-state index in [9.17, 15) is 13.2 Å². The summed E-state index contributed by atoms with van der Waals surface area (Å²) < 4.78 is 36.4. The number of nitrogens with one attached hydrogen (secondary N) is 1. The first-order chi connectivity index (χ1) is 15.0. The van der Waals surface area contributed by atoms with Crippen LogP contribution in [0.2, 0.25) is 0 Å². The monoisotopic (exact) mass is 444 g/mol. The number of amides is 1. The smallest absolute Gasteiger partial charge is 0.242 e. The van der Waals surface area contributed by atoms with Crippen molar-refractivity contribution >= 4 is 21.4 Å². The summed E-state index contributed by atoms with van der Waals surface area (Å²) in [5.41, 5.74) is 2.00. The number of para-hydroxylation sites is 1. The first-order valence-electron chi connectivity index (χ1n) is 10.6. The summed E-state index contributed by atoms with van der Waals surface area (Å²) in [6, 6.07) is 16.1. The third kappa shape index (κ3) is 4.33. The zero-order valence-corrected chi connectivity index (χ0v) is 18.3. The van der Waals surface area contributed by atoms with Crippen LogP contribution in [0.3, 0.4) is 0 Å². The van der Waals surface area contributed by atoms with Gasteiger partial charge in [-0.05, 0) is 36.6 Å². The van der Waals surface area contributed by atoms with Crippen molar-refractivity contribution in [1.29, 1.82) is 0 Å². The molecule has 2 aromatic rings. The van der Waals surface area contributed by atoms with Crippen molar-refractivity contribution in [3.05, 3.63) is 60.2 Å². The summed E-state index contributed by atoms with van der Waals surface area (Å²) in [5, 5.41) is 2.93. The normalized spacial score (nSPS) is 19.0. The second-order valence-electron chi connectivity index (χ2n) is 7.83. The molecular formula is C23H28N2O5S. The van der Waals surface area contributed by atoms with E-state index >= 15 is 0 Å². The van der Waals surface area contributed by atoms with E-state index in [1.165, 1.54) is 0 Å². The van der Waals surface area contributed by atoms with Crippen molar-refractivity contribution in [3.8, 4) is 0 Å². The fourth-order valence-corrected chi connectivity index (χ4v) is 6.24. The Kier molecular flexibility index (Phi) is 6.60. The Balaban J connectivity index is 1.58. The fourth-order valence-electron chi connectivity index (χ4n) is 4.25. The molecule has 1 amide bonds. The van der Waals surface area contributed by atoms with E-state index in [4.69, 9.17) is 9.47 Å². The van der Waals surface area contributed by atoms with Crippen molar-refractivity contribution in [3.63, 3.8) is 0 Å². The van der Waals surface area contributed by atoms with E-state index in [-0.39, 0.29) is 37.5 Å². The van der Waals surface area contributed by atoms with Gasteiger partial charge in [0.15, 0.2) is 14.6 Å². The Morgan fingerprint density at radius 3 is 2.23 bits per heavy atom. The van der Waals surface area contributed by atoms with Gasteiger partial charge in [-0.1, -0.05) is 36.4 Å². The second-order valence-corrected chi connectivity index (χ2v) is 10.1. The third-order valence-electron chi connectivity index (χ3n) is 6.06. The molecule has 31 heavy (non-hydrogen) atoms. The number of hydrogen-bond donors (Lipinski definition) is 1. The molecule has 7 nitrogen and oxygen atoms in total. The lowest BCUT2D eigenvalue weighted by Crippen LogP contribution is -2.55. The molecule has 2 heterocycles. The first-order valence-corrected chi connectivity index (χ1v) is 12.1. The molecule has 0 saturated carbocycles. The zero-order valence-electron chi connectivity index (χ0n) is 17.5. The Bertz CT molecular complexity index is 998. The molecule has 2 aliphatic heterocycles. The number of carbonyl (C=O) groups excluding carboxylic acids is 1. The molecule has 2 fully saturated rings. The number of morpholine rings is 1. The van der Waals surface area contributed by atoms with Gasteiger partial charge in [-0.25, -0.2) is 8.42 Å². The lowest BCUT2D eigenvalue weighted by molar-refractivity contribution is -0.126. The summed E-state index contributed by atoms with van der Waals surface area (Å²) in [6.07, 6.45) is 0.280. The molecule has 0 unspecified atom stereocenters. The molecule has 0 atom stereocenters. The van der Waals surface area contributed by atoms with E-state index in [1.54, 1.807) is 30.3 Å². The van der Waals surface area contributed by atoms with Crippen LogP contribution in [0.1, 0.15) is 18.4 Å². The van der Waals surface area contributed by atoms with Crippen LogP contribution in [0.5, 0.6) is 0 Å². The minimum Gasteiger partial charge on any atom is -0.381 e. The molecule has 2 aromatic carbocycles. The Morgan fingerprint density at radius 1 is 0.903 bits per heavy atom. The molecule has 2 aliphatic rings. The van der Waals surface area contributed by atoms with Crippen molar-refractivity contribution in [2.45, 2.75) is 29.0 Å². The Labute approximate surface area is 183 Å². The van der Waals surface area contributed by atoms with Gasteiger partial charge in [-0.2, -0.15) is 0 Å². The summed E-state index contributed by atoms with van der Waals surface area (Å²) in [5.74, 6) is -0.462. The van der Waals surface area contributed by atoms with Gasteiger partial charge in [-0.3, -0.25) is 4.79 Å². The van der Waals surface area contributed by atoms with Gasteiger partial charge in [0, 0.05) is 38.5 Å². The second kappa shape index (κ2) is 9.38. The molecule has 0 spiro atoms. The summed E-state index contributed by atoms with van der Waals surface area (Å²) in [7, 11) is -3.88. The molecule has 0 radical (unpaired) electrons. The van der Waals surface area contributed by atoms with Crippen LogP contribution in [0.25, 0.3) is 0 Å². The standard InChI is InChI=1S/C23H28N2O5S/c26-22(24-18-19-6-4-5-9-21(19)25-12-16-30-17-13-25)23(10-14-29-15-11-23)31(27,28)20-7-2-1-3-8-20/h1-9H,10-18H2,(H,24,26). The Morgan fingerprint density at radius 2 is 1.52 bits per heavy atom. The minimum absolute atomic E-state index is 0.140. The number of rotatable bonds is 6. The number of benzene rings is 2. The van der Waals surface area contributed by atoms with E-state index in [0.29, 0.717) is 13.2 Å². The van der Waals surface area contributed by atoms with Crippen molar-refractivity contribution < 1.29 is 22.7 Å². The molecule has 0 bridgehead atoms. The van der Waals surface area contributed by atoms with E-state index < -0.39 is 20.5 Å². The number of nitrogens with zero attached hydrogens (tertiary/aromatic N) is 1. The predicted octanol–water partition coefficient (Wildman–Crippen LogP) is 2.16. The molecular weight excluding hydrogens is 416 g/mol. The topological polar surface area (TPSA) is 84.9 Å². The highest BCUT2D eigenvalue weighted by Gasteiger charge is 2.52. The molecule has 0 aliphatic carbocycles. The number of carbonyl (C=O) groups is 1. The van der Waals surface area contributed by atoms with Crippen LogP contribution >= 0.6 is 0 Å². The van der Waals surface area contributed by atoms with Crippen LogP contribution in [0, 0.1) is 0 Å². The maximum atomic E-state index is 13.5. The average Bonchev–Trinajstić information content (AvgIpc) is 2.84. The van der Waals surface area contributed by atoms with Crippen molar-refractivity contribution in [2.75, 3.05) is 44.4 Å². The highest BCUT2D eigenvalue weighted by atomic mass is 32.2.